The Bertz CT molecular complexity index is 559. The number of halogens is 1. The van der Waals surface area contributed by atoms with Gasteiger partial charge in [-0.05, 0) is 38.2 Å². The van der Waals surface area contributed by atoms with Crippen molar-refractivity contribution in [2.75, 3.05) is 20.0 Å². The molecule has 1 N–H and O–H groups in total. The standard InChI is InChI=1S/C12H15ClN2O2/c1-15(2)10(5-6-13)8-3-4-11-9(7-8)14-12(16)17-11/h3-4,7,10H,5-6H2,1-2H3,(H,14,16). The minimum atomic E-state index is -0.420. The van der Waals surface area contributed by atoms with Crippen molar-refractivity contribution in [3.63, 3.8) is 0 Å². The predicted molar refractivity (Wildman–Crippen MR) is 68.6 cm³/mol. The highest BCUT2D eigenvalue weighted by atomic mass is 35.5. The molecule has 92 valence electrons. The zero-order chi connectivity index (χ0) is 12.4. The number of hydrogen-bond donors (Lipinski definition) is 1. The third-order valence-corrected chi connectivity index (χ3v) is 3.05. The average molecular weight is 255 g/mol. The quantitative estimate of drug-likeness (QED) is 0.852. The smallest absolute Gasteiger partial charge is 0.408 e. The summed E-state index contributed by atoms with van der Waals surface area (Å²) in [4.78, 5) is 15.8. The van der Waals surface area contributed by atoms with Crippen LogP contribution in [0.2, 0.25) is 0 Å². The minimum absolute atomic E-state index is 0.246. The van der Waals surface area contributed by atoms with Crippen LogP contribution in [0.4, 0.5) is 0 Å². The van der Waals surface area contributed by atoms with Crippen LogP contribution in [0.5, 0.6) is 0 Å². The molecule has 2 rings (SSSR count). The summed E-state index contributed by atoms with van der Waals surface area (Å²) in [5, 5.41) is 0. The second kappa shape index (κ2) is 4.94. The molecule has 1 aromatic heterocycles. The maximum absolute atomic E-state index is 11.1. The van der Waals surface area contributed by atoms with Crippen molar-refractivity contribution >= 4 is 22.7 Å². The van der Waals surface area contributed by atoms with Gasteiger partial charge in [-0.15, -0.1) is 11.6 Å². The molecule has 5 heteroatoms. The number of benzene rings is 1. The van der Waals surface area contributed by atoms with E-state index in [2.05, 4.69) is 9.88 Å². The van der Waals surface area contributed by atoms with Crippen LogP contribution in [-0.2, 0) is 0 Å². The number of rotatable bonds is 4. The van der Waals surface area contributed by atoms with E-state index in [4.69, 9.17) is 16.0 Å². The van der Waals surface area contributed by atoms with Gasteiger partial charge in [0.2, 0.25) is 0 Å². The van der Waals surface area contributed by atoms with E-state index in [1.54, 1.807) is 0 Å². The molecule has 0 saturated heterocycles. The van der Waals surface area contributed by atoms with Crippen LogP contribution in [0, 0.1) is 0 Å². The van der Waals surface area contributed by atoms with Crippen LogP contribution >= 0.6 is 11.6 Å². The molecule has 2 aromatic rings. The summed E-state index contributed by atoms with van der Waals surface area (Å²) in [7, 11) is 4.03. The van der Waals surface area contributed by atoms with Crippen molar-refractivity contribution < 1.29 is 4.42 Å². The van der Waals surface area contributed by atoms with Crippen LogP contribution in [0.15, 0.2) is 27.4 Å². The van der Waals surface area contributed by atoms with Gasteiger partial charge in [0.25, 0.3) is 0 Å². The molecular formula is C12H15ClN2O2. The Morgan fingerprint density at radius 2 is 2.24 bits per heavy atom. The largest absolute Gasteiger partial charge is 0.417 e. The molecule has 17 heavy (non-hydrogen) atoms. The van der Waals surface area contributed by atoms with Crippen molar-refractivity contribution in [1.82, 2.24) is 9.88 Å². The number of aromatic nitrogens is 1. The SMILES string of the molecule is CN(C)C(CCCl)c1ccc2oc(=O)[nH]c2c1. The molecule has 0 saturated carbocycles. The van der Waals surface area contributed by atoms with Crippen LogP contribution in [0.3, 0.4) is 0 Å². The van der Waals surface area contributed by atoms with Gasteiger partial charge >= 0.3 is 5.76 Å². The molecule has 0 aliphatic rings. The molecule has 0 radical (unpaired) electrons. The zero-order valence-corrected chi connectivity index (χ0v) is 10.6. The lowest BCUT2D eigenvalue weighted by Crippen LogP contribution is -2.20. The second-order valence-corrected chi connectivity index (χ2v) is 4.61. The van der Waals surface area contributed by atoms with Gasteiger partial charge in [-0.3, -0.25) is 4.98 Å². The van der Waals surface area contributed by atoms with E-state index >= 15 is 0 Å². The summed E-state index contributed by atoms with van der Waals surface area (Å²) in [6, 6.07) is 5.97. The molecular weight excluding hydrogens is 240 g/mol. The normalized spacial score (nSPS) is 13.4. The lowest BCUT2D eigenvalue weighted by Gasteiger charge is -2.23. The Kier molecular flexibility index (Phi) is 3.54. The van der Waals surface area contributed by atoms with Crippen LogP contribution in [0.25, 0.3) is 11.1 Å². The van der Waals surface area contributed by atoms with Gasteiger partial charge in [0, 0.05) is 11.9 Å². The number of oxazole rings is 1. The molecule has 0 spiro atoms. The van der Waals surface area contributed by atoms with Gasteiger partial charge in [0.15, 0.2) is 5.58 Å². The van der Waals surface area contributed by atoms with Crippen molar-refractivity contribution in [2.24, 2.45) is 0 Å². The maximum atomic E-state index is 11.1. The number of alkyl halides is 1. The Labute approximate surface area is 104 Å². The van der Waals surface area contributed by atoms with Crippen molar-refractivity contribution in [3.05, 3.63) is 34.3 Å². The molecule has 0 aliphatic carbocycles. The van der Waals surface area contributed by atoms with Crippen LogP contribution in [-0.4, -0.2) is 29.9 Å². The predicted octanol–water partition coefficient (Wildman–Crippen LogP) is 2.35. The summed E-state index contributed by atoms with van der Waals surface area (Å²) in [5.41, 5.74) is 2.44. The summed E-state index contributed by atoms with van der Waals surface area (Å²) in [6.07, 6.45) is 0.863. The number of nitrogens with zero attached hydrogens (tertiary/aromatic N) is 1. The molecule has 1 aromatic carbocycles. The van der Waals surface area contributed by atoms with Gasteiger partial charge in [-0.1, -0.05) is 6.07 Å². The maximum Gasteiger partial charge on any atom is 0.417 e. The van der Waals surface area contributed by atoms with E-state index < -0.39 is 5.76 Å². The highest BCUT2D eigenvalue weighted by molar-refractivity contribution is 6.17. The zero-order valence-electron chi connectivity index (χ0n) is 9.87. The van der Waals surface area contributed by atoms with E-state index in [0.29, 0.717) is 11.5 Å². The van der Waals surface area contributed by atoms with Gasteiger partial charge in [-0.25, -0.2) is 4.79 Å². The summed E-state index contributed by atoms with van der Waals surface area (Å²) in [6.45, 7) is 0. The van der Waals surface area contributed by atoms with Crippen molar-refractivity contribution in [2.45, 2.75) is 12.5 Å². The summed E-state index contributed by atoms with van der Waals surface area (Å²) < 4.78 is 4.97. The van der Waals surface area contributed by atoms with E-state index in [1.807, 2.05) is 32.3 Å². The number of aromatic amines is 1. The summed E-state index contributed by atoms with van der Waals surface area (Å²) >= 11 is 5.81. The Morgan fingerprint density at radius 3 is 2.88 bits per heavy atom. The van der Waals surface area contributed by atoms with E-state index in [9.17, 15) is 4.79 Å². The number of nitrogens with one attached hydrogen (secondary N) is 1. The van der Waals surface area contributed by atoms with Crippen LogP contribution in [0.1, 0.15) is 18.0 Å². The number of fused-ring (bicyclic) bond motifs is 1. The fourth-order valence-electron chi connectivity index (χ4n) is 2.00. The summed E-state index contributed by atoms with van der Waals surface area (Å²) in [5.74, 6) is 0.180. The van der Waals surface area contributed by atoms with Gasteiger partial charge in [0.05, 0.1) is 5.52 Å². The van der Waals surface area contributed by atoms with Gasteiger partial charge in [-0.2, -0.15) is 0 Å². The Hall–Kier alpha value is -1.26. The van der Waals surface area contributed by atoms with Gasteiger partial charge < -0.3 is 9.32 Å². The first-order valence-corrected chi connectivity index (χ1v) is 6.00. The lowest BCUT2D eigenvalue weighted by molar-refractivity contribution is 0.293. The second-order valence-electron chi connectivity index (χ2n) is 4.23. The topological polar surface area (TPSA) is 49.2 Å². The number of H-pyrrole nitrogens is 1. The first-order chi connectivity index (χ1) is 8.11. The molecule has 1 heterocycles. The molecule has 0 aliphatic heterocycles. The number of hydrogen-bond acceptors (Lipinski definition) is 3. The van der Waals surface area contributed by atoms with Crippen LogP contribution < -0.4 is 5.76 Å². The highest BCUT2D eigenvalue weighted by Crippen LogP contribution is 2.25. The molecule has 1 atom stereocenters. The Balaban J connectivity index is 2.42. The molecule has 4 nitrogen and oxygen atoms in total. The highest BCUT2D eigenvalue weighted by Gasteiger charge is 2.14. The van der Waals surface area contributed by atoms with E-state index in [-0.39, 0.29) is 6.04 Å². The fraction of sp³-hybridized carbons (Fsp3) is 0.417. The fourth-order valence-corrected chi connectivity index (χ4v) is 2.21. The van der Waals surface area contributed by atoms with Gasteiger partial charge in [0.1, 0.15) is 0 Å². The molecule has 1 unspecified atom stereocenters. The third-order valence-electron chi connectivity index (χ3n) is 2.83. The minimum Gasteiger partial charge on any atom is -0.408 e. The third kappa shape index (κ3) is 2.53. The molecule has 0 bridgehead atoms. The van der Waals surface area contributed by atoms with Crippen molar-refractivity contribution in [3.8, 4) is 0 Å². The molecule has 0 fully saturated rings. The molecule has 0 amide bonds. The first kappa shape index (κ1) is 12.2. The van der Waals surface area contributed by atoms with Crippen molar-refractivity contribution in [1.29, 1.82) is 0 Å². The van der Waals surface area contributed by atoms with E-state index in [0.717, 1.165) is 17.5 Å². The lowest BCUT2D eigenvalue weighted by atomic mass is 10.0. The first-order valence-electron chi connectivity index (χ1n) is 5.47. The monoisotopic (exact) mass is 254 g/mol. The Morgan fingerprint density at radius 1 is 1.47 bits per heavy atom. The average Bonchev–Trinajstić information content (AvgIpc) is 2.64. The van der Waals surface area contributed by atoms with E-state index in [1.165, 1.54) is 0 Å².